The van der Waals surface area contributed by atoms with E-state index in [1.807, 2.05) is 66.9 Å². The second-order valence-electron chi connectivity index (χ2n) is 10.6. The van der Waals surface area contributed by atoms with E-state index in [4.69, 9.17) is 9.84 Å². The number of benzene rings is 2. The molecule has 3 aromatic rings. The van der Waals surface area contributed by atoms with Crippen LogP contribution in [0.2, 0.25) is 0 Å². The van der Waals surface area contributed by atoms with Crippen molar-refractivity contribution in [3.63, 3.8) is 0 Å². The molecule has 0 saturated carbocycles. The van der Waals surface area contributed by atoms with E-state index in [-0.39, 0.29) is 11.5 Å². The van der Waals surface area contributed by atoms with E-state index in [1.165, 1.54) is 17.7 Å². The number of carbonyl (C=O) groups is 2. The maximum Gasteiger partial charge on any atom is 0.271 e. The van der Waals surface area contributed by atoms with Crippen LogP contribution >= 0.6 is 0 Å². The van der Waals surface area contributed by atoms with Gasteiger partial charge in [0.05, 0.1) is 18.0 Å². The molecule has 1 aromatic heterocycles. The van der Waals surface area contributed by atoms with Gasteiger partial charge in [-0.15, -0.1) is 0 Å². The fraction of sp³-hybridized carbons (Fsp3) is 0.371. The van der Waals surface area contributed by atoms with Gasteiger partial charge in [-0.1, -0.05) is 70.6 Å². The molecule has 0 unspecified atom stereocenters. The highest BCUT2D eigenvalue weighted by molar-refractivity contribution is 6.19. The normalized spacial score (nSPS) is 14.5. The first-order chi connectivity index (χ1) is 20.5. The molecule has 7 nitrogen and oxygen atoms in total. The monoisotopic (exact) mass is 564 g/mol. The molecule has 218 valence electrons. The number of rotatable bonds is 14. The van der Waals surface area contributed by atoms with Crippen LogP contribution in [-0.4, -0.2) is 39.6 Å². The molecule has 0 atom stereocenters. The molecule has 2 aromatic carbocycles. The van der Waals surface area contributed by atoms with Crippen molar-refractivity contribution in [3.05, 3.63) is 83.1 Å². The van der Waals surface area contributed by atoms with E-state index in [1.54, 1.807) is 17.7 Å². The summed E-state index contributed by atoms with van der Waals surface area (Å²) in [5.74, 6) is -0.0906. The van der Waals surface area contributed by atoms with Gasteiger partial charge in [0.15, 0.2) is 0 Å². The molecule has 0 spiro atoms. The minimum atomic E-state index is -0.515. The van der Waals surface area contributed by atoms with Crippen molar-refractivity contribution in [1.82, 2.24) is 14.7 Å². The summed E-state index contributed by atoms with van der Waals surface area (Å²) in [4.78, 5) is 27.9. The Balaban J connectivity index is 1.70. The zero-order valence-electron chi connectivity index (χ0n) is 24.9. The van der Waals surface area contributed by atoms with Crippen LogP contribution in [0.25, 0.3) is 23.0 Å². The lowest BCUT2D eigenvalue weighted by Crippen LogP contribution is -2.43. The third-order valence-corrected chi connectivity index (χ3v) is 7.52. The highest BCUT2D eigenvalue weighted by Gasteiger charge is 2.35. The number of nitriles is 1. The van der Waals surface area contributed by atoms with Crippen LogP contribution in [0.4, 0.5) is 0 Å². The molecule has 0 bridgehead atoms. The fourth-order valence-corrected chi connectivity index (χ4v) is 5.04. The fourth-order valence-electron chi connectivity index (χ4n) is 5.04. The van der Waals surface area contributed by atoms with E-state index >= 15 is 0 Å². The first-order valence-electron chi connectivity index (χ1n) is 15.1. The molecule has 1 aliphatic rings. The zero-order chi connectivity index (χ0) is 29.9. The van der Waals surface area contributed by atoms with Crippen LogP contribution in [0, 0.1) is 11.3 Å². The summed E-state index contributed by atoms with van der Waals surface area (Å²) in [6.45, 7) is 6.95. The van der Waals surface area contributed by atoms with Gasteiger partial charge in [-0.05, 0) is 67.8 Å². The quantitative estimate of drug-likeness (QED) is 0.114. The van der Waals surface area contributed by atoms with Gasteiger partial charge < -0.3 is 4.74 Å². The number of ether oxygens (including phenoxy) is 1. The van der Waals surface area contributed by atoms with Crippen molar-refractivity contribution in [2.24, 2.45) is 0 Å². The van der Waals surface area contributed by atoms with Gasteiger partial charge in [0.1, 0.15) is 17.4 Å². The summed E-state index contributed by atoms with van der Waals surface area (Å²) in [5, 5.41) is 14.7. The van der Waals surface area contributed by atoms with Gasteiger partial charge >= 0.3 is 0 Å². The molecule has 2 amide bonds. The van der Waals surface area contributed by atoms with Crippen molar-refractivity contribution in [1.29, 1.82) is 5.26 Å². The molecule has 0 fully saturated rings. The van der Waals surface area contributed by atoms with Gasteiger partial charge in [-0.2, -0.15) is 10.4 Å². The molecule has 4 rings (SSSR count). The van der Waals surface area contributed by atoms with Gasteiger partial charge in [0.2, 0.25) is 0 Å². The molecule has 0 N–H and O–H groups in total. The first-order valence-corrected chi connectivity index (χ1v) is 15.1. The molecular weight excluding hydrogens is 524 g/mol. The zero-order valence-corrected chi connectivity index (χ0v) is 24.9. The molecule has 0 radical (unpaired) electrons. The maximum atomic E-state index is 13.7. The Morgan fingerprint density at radius 3 is 2.24 bits per heavy atom. The Kier molecular flexibility index (Phi) is 10.9. The van der Waals surface area contributed by atoms with Crippen LogP contribution < -0.4 is 4.74 Å². The number of hydrogen-bond donors (Lipinski definition) is 0. The predicted molar refractivity (Wildman–Crippen MR) is 166 cm³/mol. The molecular formula is C35H40N4O3. The van der Waals surface area contributed by atoms with Gasteiger partial charge in [-0.3, -0.25) is 14.5 Å². The summed E-state index contributed by atoms with van der Waals surface area (Å²) < 4.78 is 7.72. The van der Waals surface area contributed by atoms with Crippen molar-refractivity contribution in [2.45, 2.75) is 72.1 Å². The average molecular weight is 565 g/mol. The largest absolute Gasteiger partial charge is 0.494 e. The number of unbranched alkanes of at least 4 members (excludes halogenated alkanes) is 6. The van der Waals surface area contributed by atoms with Crippen molar-refractivity contribution < 1.29 is 14.3 Å². The molecule has 7 heteroatoms. The van der Waals surface area contributed by atoms with E-state index in [9.17, 15) is 14.9 Å². The topological polar surface area (TPSA) is 88.2 Å². The van der Waals surface area contributed by atoms with Crippen LogP contribution in [0.1, 0.15) is 77.7 Å². The minimum absolute atomic E-state index is 0.00813. The number of para-hydroxylation sites is 1. The van der Waals surface area contributed by atoms with Crippen molar-refractivity contribution in [3.8, 4) is 28.8 Å². The van der Waals surface area contributed by atoms with Crippen LogP contribution in [0.5, 0.6) is 5.75 Å². The van der Waals surface area contributed by atoms with Crippen LogP contribution in [0.3, 0.4) is 0 Å². The van der Waals surface area contributed by atoms with E-state index in [2.05, 4.69) is 13.8 Å². The summed E-state index contributed by atoms with van der Waals surface area (Å²) in [6.07, 6.45) is 11.9. The third-order valence-electron chi connectivity index (χ3n) is 7.52. The highest BCUT2D eigenvalue weighted by Crippen LogP contribution is 2.32. The lowest BCUT2D eigenvalue weighted by molar-refractivity contribution is -0.140. The summed E-state index contributed by atoms with van der Waals surface area (Å²) >= 11 is 0. The number of carbonyl (C=O) groups excluding carboxylic acids is 2. The van der Waals surface area contributed by atoms with Crippen molar-refractivity contribution in [2.75, 3.05) is 13.2 Å². The van der Waals surface area contributed by atoms with Crippen LogP contribution in [-0.2, 0) is 9.59 Å². The van der Waals surface area contributed by atoms with E-state index < -0.39 is 5.91 Å². The standard InChI is InChI=1S/C35H40N4O3/c1-4-6-8-13-21-38-34(40)31(26(3)32(24-36)35(38)41)23-28-25-39(29-15-11-10-12-16-29)37-33(28)27-17-19-30(20-18-27)42-22-14-9-7-5-2/h10-12,15-20,23,25H,4-9,13-14,21-22H2,1-3H3/b31-23+. The highest BCUT2D eigenvalue weighted by atomic mass is 16.5. The SMILES string of the molecule is CCCCCCOc1ccc(-c2nn(-c3ccccc3)cc2/C=C2/C(=O)N(CCCCCC)C(=O)C(C#N)=C2C)cc1. The molecule has 42 heavy (non-hydrogen) atoms. The molecule has 0 saturated heterocycles. The number of nitrogens with zero attached hydrogens (tertiary/aromatic N) is 4. The van der Waals surface area contributed by atoms with Gasteiger partial charge in [0, 0.05) is 29.4 Å². The predicted octanol–water partition coefficient (Wildman–Crippen LogP) is 7.67. The molecule has 2 heterocycles. The second kappa shape index (κ2) is 15.0. The number of amides is 2. The smallest absolute Gasteiger partial charge is 0.271 e. The molecule has 0 aliphatic carbocycles. The third kappa shape index (κ3) is 7.25. The minimum Gasteiger partial charge on any atom is -0.494 e. The van der Waals surface area contributed by atoms with Gasteiger partial charge in [0.25, 0.3) is 11.8 Å². The Hall–Kier alpha value is -4.44. The maximum absolute atomic E-state index is 13.7. The Labute approximate surface area is 249 Å². The lowest BCUT2D eigenvalue weighted by atomic mass is 9.93. The van der Waals surface area contributed by atoms with E-state index in [0.717, 1.165) is 49.1 Å². The summed E-state index contributed by atoms with van der Waals surface area (Å²) in [6, 6.07) is 19.6. The molecule has 1 aliphatic heterocycles. The van der Waals surface area contributed by atoms with E-state index in [0.29, 0.717) is 42.0 Å². The summed E-state index contributed by atoms with van der Waals surface area (Å²) in [7, 11) is 0. The Morgan fingerprint density at radius 1 is 0.881 bits per heavy atom. The summed E-state index contributed by atoms with van der Waals surface area (Å²) in [5.41, 5.74) is 3.88. The van der Waals surface area contributed by atoms with Crippen molar-refractivity contribution >= 4 is 17.9 Å². The lowest BCUT2D eigenvalue weighted by Gasteiger charge is -2.27. The second-order valence-corrected chi connectivity index (χ2v) is 10.6. The first kappa shape index (κ1) is 30.5. The Bertz CT molecular complexity index is 1480. The Morgan fingerprint density at radius 2 is 1.57 bits per heavy atom. The average Bonchev–Trinajstić information content (AvgIpc) is 3.44. The number of hydrogen-bond acceptors (Lipinski definition) is 5. The number of imide groups is 1. The van der Waals surface area contributed by atoms with Gasteiger partial charge in [-0.25, -0.2) is 4.68 Å². The van der Waals surface area contributed by atoms with Crippen LogP contribution in [0.15, 0.2) is 77.5 Å². The number of aromatic nitrogens is 2.